The molecule has 162 valence electrons. The number of benzene rings is 1. The summed E-state index contributed by atoms with van der Waals surface area (Å²) < 4.78 is 5.31. The number of likely N-dealkylation sites (N-methyl/N-ethyl adjacent to an activating group) is 1. The second-order valence-electron chi connectivity index (χ2n) is 8.33. The Morgan fingerprint density at radius 1 is 1.24 bits per heavy atom. The maximum absolute atomic E-state index is 12.5. The van der Waals surface area contributed by atoms with Crippen molar-refractivity contribution in [3.05, 3.63) is 29.8 Å². The third-order valence-corrected chi connectivity index (χ3v) is 5.37. The van der Waals surface area contributed by atoms with E-state index in [1.165, 1.54) is 0 Å². The molecule has 3 amide bonds. The fourth-order valence-corrected chi connectivity index (χ4v) is 3.83. The Hall–Kier alpha value is -2.28. The largest absolute Gasteiger partial charge is 0.497 e. The molecule has 3 atom stereocenters. The van der Waals surface area contributed by atoms with Crippen molar-refractivity contribution in [2.24, 2.45) is 5.92 Å². The van der Waals surface area contributed by atoms with Gasteiger partial charge in [-0.25, -0.2) is 4.79 Å². The van der Waals surface area contributed by atoms with Crippen LogP contribution in [0.1, 0.15) is 51.1 Å². The number of urea groups is 1. The Labute approximate surface area is 174 Å². The van der Waals surface area contributed by atoms with Gasteiger partial charge in [-0.2, -0.15) is 0 Å². The van der Waals surface area contributed by atoms with E-state index in [0.29, 0.717) is 13.0 Å². The molecular formula is C22H36N4O3. The first-order valence-corrected chi connectivity index (χ1v) is 10.4. The van der Waals surface area contributed by atoms with E-state index in [-0.39, 0.29) is 36.0 Å². The van der Waals surface area contributed by atoms with E-state index in [9.17, 15) is 9.59 Å². The fourth-order valence-electron chi connectivity index (χ4n) is 3.83. The summed E-state index contributed by atoms with van der Waals surface area (Å²) in [5, 5.41) is 9.03. The van der Waals surface area contributed by atoms with Gasteiger partial charge in [-0.15, -0.1) is 0 Å². The van der Waals surface area contributed by atoms with Gasteiger partial charge >= 0.3 is 6.03 Å². The first kappa shape index (κ1) is 23.0. The molecule has 29 heavy (non-hydrogen) atoms. The fraction of sp³-hybridized carbons (Fsp3) is 0.636. The quantitative estimate of drug-likeness (QED) is 0.622. The van der Waals surface area contributed by atoms with Crippen LogP contribution in [0.15, 0.2) is 24.3 Å². The number of nitrogens with zero attached hydrogens (tertiary/aromatic N) is 1. The van der Waals surface area contributed by atoms with Crippen LogP contribution in [0, 0.1) is 5.92 Å². The van der Waals surface area contributed by atoms with Crippen LogP contribution in [-0.2, 0) is 4.79 Å². The number of amides is 3. The molecule has 3 unspecified atom stereocenters. The Morgan fingerprint density at radius 2 is 2.00 bits per heavy atom. The van der Waals surface area contributed by atoms with Crippen molar-refractivity contribution in [3.63, 3.8) is 0 Å². The van der Waals surface area contributed by atoms with Gasteiger partial charge in [0, 0.05) is 24.5 Å². The molecule has 0 aliphatic heterocycles. The summed E-state index contributed by atoms with van der Waals surface area (Å²) in [5.74, 6) is 0.868. The van der Waals surface area contributed by atoms with Crippen LogP contribution in [0.3, 0.4) is 0 Å². The lowest BCUT2D eigenvalue weighted by atomic mass is 9.85. The number of nitrogens with one attached hydrogen (secondary N) is 3. The molecule has 0 saturated heterocycles. The highest BCUT2D eigenvalue weighted by atomic mass is 16.5. The maximum Gasteiger partial charge on any atom is 0.315 e. The predicted molar refractivity (Wildman–Crippen MR) is 115 cm³/mol. The van der Waals surface area contributed by atoms with Crippen molar-refractivity contribution >= 4 is 11.9 Å². The Kier molecular flexibility index (Phi) is 8.76. The van der Waals surface area contributed by atoms with Crippen LogP contribution in [0.5, 0.6) is 5.75 Å². The number of hydrogen-bond donors (Lipinski definition) is 3. The van der Waals surface area contributed by atoms with Crippen LogP contribution in [0.25, 0.3) is 0 Å². The minimum atomic E-state index is -0.185. The summed E-state index contributed by atoms with van der Waals surface area (Å²) in [6, 6.07) is 7.90. The van der Waals surface area contributed by atoms with E-state index in [2.05, 4.69) is 20.9 Å². The zero-order valence-corrected chi connectivity index (χ0v) is 18.3. The summed E-state index contributed by atoms with van der Waals surface area (Å²) in [6.07, 6.45) is 3.44. The van der Waals surface area contributed by atoms with Gasteiger partial charge in [0.15, 0.2) is 0 Å². The second kappa shape index (κ2) is 11.0. The summed E-state index contributed by atoms with van der Waals surface area (Å²) in [5.41, 5.74) is 1.08. The first-order chi connectivity index (χ1) is 13.8. The van der Waals surface area contributed by atoms with Crippen LogP contribution >= 0.6 is 0 Å². The average Bonchev–Trinajstić information content (AvgIpc) is 2.67. The van der Waals surface area contributed by atoms with E-state index in [1.807, 2.05) is 52.2 Å². The Bertz CT molecular complexity index is 678. The molecule has 0 heterocycles. The van der Waals surface area contributed by atoms with Crippen molar-refractivity contribution in [1.82, 2.24) is 20.9 Å². The summed E-state index contributed by atoms with van der Waals surface area (Å²) in [4.78, 5) is 26.8. The van der Waals surface area contributed by atoms with Gasteiger partial charge in [0.05, 0.1) is 13.2 Å². The zero-order valence-electron chi connectivity index (χ0n) is 18.3. The van der Waals surface area contributed by atoms with E-state index in [0.717, 1.165) is 30.6 Å². The molecule has 2 rings (SSSR count). The number of rotatable bonds is 8. The third-order valence-electron chi connectivity index (χ3n) is 5.37. The average molecular weight is 405 g/mol. The molecule has 1 saturated carbocycles. The standard InChI is InChI=1S/C22H36N4O3/c1-15(2)24-21(27)17-9-6-10-18(12-17)25-22(28)23-14-20(26(3)4)16-8-7-11-19(13-16)29-5/h7-8,11,13,15,17-18,20H,6,9-10,12,14H2,1-5H3,(H,24,27)(H2,23,25,28). The second-order valence-corrected chi connectivity index (χ2v) is 8.33. The minimum absolute atomic E-state index is 0.0252. The van der Waals surface area contributed by atoms with Gasteiger partial charge in [-0.05, 0) is 64.9 Å². The van der Waals surface area contributed by atoms with Gasteiger partial charge in [-0.3, -0.25) is 4.79 Å². The molecule has 0 aromatic heterocycles. The highest BCUT2D eigenvalue weighted by molar-refractivity contribution is 5.79. The normalized spacial score (nSPS) is 20.2. The number of ether oxygens (including phenoxy) is 1. The van der Waals surface area contributed by atoms with Gasteiger partial charge < -0.3 is 25.6 Å². The Morgan fingerprint density at radius 3 is 2.66 bits per heavy atom. The molecule has 7 heteroatoms. The predicted octanol–water partition coefficient (Wildman–Crippen LogP) is 2.68. The smallest absolute Gasteiger partial charge is 0.315 e. The molecule has 0 spiro atoms. The van der Waals surface area contributed by atoms with Crippen LogP contribution < -0.4 is 20.7 Å². The lowest BCUT2D eigenvalue weighted by molar-refractivity contribution is -0.126. The van der Waals surface area contributed by atoms with Crippen molar-refractivity contribution < 1.29 is 14.3 Å². The molecule has 1 aromatic carbocycles. The Balaban J connectivity index is 1.88. The summed E-state index contributed by atoms with van der Waals surface area (Å²) >= 11 is 0. The SMILES string of the molecule is COc1cccc(C(CNC(=O)NC2CCCC(C(=O)NC(C)C)C2)N(C)C)c1. The molecule has 1 fully saturated rings. The topological polar surface area (TPSA) is 82.7 Å². The first-order valence-electron chi connectivity index (χ1n) is 10.4. The van der Waals surface area contributed by atoms with E-state index in [4.69, 9.17) is 4.74 Å². The molecule has 1 aromatic rings. The molecule has 1 aliphatic carbocycles. The van der Waals surface area contributed by atoms with Crippen molar-refractivity contribution in [3.8, 4) is 5.75 Å². The van der Waals surface area contributed by atoms with Crippen molar-refractivity contribution in [2.45, 2.75) is 57.7 Å². The van der Waals surface area contributed by atoms with Crippen LogP contribution in [0.2, 0.25) is 0 Å². The zero-order chi connectivity index (χ0) is 21.4. The van der Waals surface area contributed by atoms with Crippen molar-refractivity contribution in [2.75, 3.05) is 27.7 Å². The number of carbonyl (C=O) groups is 2. The van der Waals surface area contributed by atoms with Gasteiger partial charge in [-0.1, -0.05) is 18.6 Å². The molecule has 7 nitrogen and oxygen atoms in total. The van der Waals surface area contributed by atoms with Gasteiger partial charge in [0.2, 0.25) is 5.91 Å². The molecule has 0 bridgehead atoms. The number of methoxy groups -OCH3 is 1. The highest BCUT2D eigenvalue weighted by Gasteiger charge is 2.28. The highest BCUT2D eigenvalue weighted by Crippen LogP contribution is 2.25. The molecule has 0 radical (unpaired) electrons. The van der Waals surface area contributed by atoms with Crippen LogP contribution in [-0.4, -0.2) is 56.7 Å². The minimum Gasteiger partial charge on any atom is -0.497 e. The molecular weight excluding hydrogens is 368 g/mol. The van der Waals surface area contributed by atoms with E-state index < -0.39 is 0 Å². The summed E-state index contributed by atoms with van der Waals surface area (Å²) in [7, 11) is 5.62. The monoisotopic (exact) mass is 404 g/mol. The van der Waals surface area contributed by atoms with Gasteiger partial charge in [0.1, 0.15) is 5.75 Å². The van der Waals surface area contributed by atoms with Crippen LogP contribution in [0.4, 0.5) is 4.79 Å². The number of carbonyl (C=O) groups excluding carboxylic acids is 2. The third kappa shape index (κ3) is 7.24. The van der Waals surface area contributed by atoms with E-state index in [1.54, 1.807) is 7.11 Å². The van der Waals surface area contributed by atoms with Crippen molar-refractivity contribution in [1.29, 1.82) is 0 Å². The maximum atomic E-state index is 12.5. The lowest BCUT2D eigenvalue weighted by Gasteiger charge is -2.30. The molecule has 3 N–H and O–H groups in total. The van der Waals surface area contributed by atoms with E-state index >= 15 is 0 Å². The number of hydrogen-bond acceptors (Lipinski definition) is 4. The molecule has 1 aliphatic rings. The van der Waals surface area contributed by atoms with Gasteiger partial charge in [0.25, 0.3) is 0 Å². The summed E-state index contributed by atoms with van der Waals surface area (Å²) in [6.45, 7) is 4.41. The lowest BCUT2D eigenvalue weighted by Crippen LogP contribution is -2.48.